The highest BCUT2D eigenvalue weighted by molar-refractivity contribution is 7.90. The average molecular weight is 437 g/mol. The van der Waals surface area contributed by atoms with Crippen LogP contribution in [0.25, 0.3) is 0 Å². The van der Waals surface area contributed by atoms with Gasteiger partial charge in [0, 0.05) is 12.6 Å². The van der Waals surface area contributed by atoms with E-state index in [2.05, 4.69) is 20.1 Å². The van der Waals surface area contributed by atoms with Gasteiger partial charge in [-0.1, -0.05) is 18.0 Å². The summed E-state index contributed by atoms with van der Waals surface area (Å²) in [5.41, 5.74) is -0.392. The van der Waals surface area contributed by atoms with Crippen LogP contribution in [0.15, 0.2) is 21.9 Å². The largest absolute Gasteiger partial charge is 0.365 e. The Hall–Kier alpha value is -0.910. The smallest absolute Gasteiger partial charge is 0.244 e. The SMILES string of the molecule is CNC(C)CNS(=O)(=O)c1cc2c(cc1Cl)NC1(CCCCC1)NS2(=O)=O. The second-order valence-electron chi connectivity index (χ2n) is 7.19. The van der Waals surface area contributed by atoms with Crippen molar-refractivity contribution in [3.8, 4) is 0 Å². The first-order valence-electron chi connectivity index (χ1n) is 8.91. The van der Waals surface area contributed by atoms with Crippen LogP contribution in [-0.4, -0.2) is 42.1 Å². The zero-order chi connectivity index (χ0) is 19.9. The van der Waals surface area contributed by atoms with Crippen molar-refractivity contribution < 1.29 is 16.8 Å². The van der Waals surface area contributed by atoms with E-state index in [1.165, 1.54) is 6.07 Å². The molecule has 8 nitrogen and oxygen atoms in total. The summed E-state index contributed by atoms with van der Waals surface area (Å²) in [5, 5.41) is 6.15. The fourth-order valence-electron chi connectivity index (χ4n) is 3.45. The third-order valence-corrected chi connectivity index (χ3v) is 8.56. The minimum atomic E-state index is -3.96. The summed E-state index contributed by atoms with van der Waals surface area (Å²) in [5.74, 6) is 0. The van der Waals surface area contributed by atoms with Gasteiger partial charge in [-0.25, -0.2) is 21.6 Å². The van der Waals surface area contributed by atoms with Crippen molar-refractivity contribution in [2.45, 2.75) is 60.5 Å². The molecule has 1 atom stereocenters. The minimum Gasteiger partial charge on any atom is -0.365 e. The molecular formula is C16H25ClN4O4S2. The highest BCUT2D eigenvalue weighted by Gasteiger charge is 2.42. The van der Waals surface area contributed by atoms with Crippen molar-refractivity contribution in [3.63, 3.8) is 0 Å². The summed E-state index contributed by atoms with van der Waals surface area (Å²) < 4.78 is 56.0. The maximum atomic E-state index is 12.8. The van der Waals surface area contributed by atoms with Gasteiger partial charge in [0.1, 0.15) is 15.5 Å². The molecule has 1 aliphatic heterocycles. The number of sulfonamides is 2. The molecule has 1 aromatic carbocycles. The van der Waals surface area contributed by atoms with E-state index in [0.717, 1.165) is 25.3 Å². The molecule has 11 heteroatoms. The molecule has 0 radical (unpaired) electrons. The lowest BCUT2D eigenvalue weighted by atomic mass is 9.89. The maximum absolute atomic E-state index is 12.8. The summed E-state index contributed by atoms with van der Waals surface area (Å²) in [6.07, 6.45) is 4.24. The Labute approximate surface area is 165 Å². The quantitative estimate of drug-likeness (QED) is 0.557. The molecule has 2 aliphatic rings. The Morgan fingerprint density at radius 1 is 1.26 bits per heavy atom. The number of rotatable bonds is 5. The molecule has 4 N–H and O–H groups in total. The van der Waals surface area contributed by atoms with Crippen molar-refractivity contribution in [3.05, 3.63) is 17.2 Å². The molecule has 27 heavy (non-hydrogen) atoms. The Kier molecular flexibility index (Phi) is 5.77. The molecule has 1 fully saturated rings. The summed E-state index contributed by atoms with van der Waals surface area (Å²) in [7, 11) is -6.10. The number of benzene rings is 1. The standard InChI is InChI=1S/C16H25ClN4O4S2/c1-11(18-2)10-19-26(22,23)14-9-15-13(8-12(14)17)20-16(21-27(15,24)25)6-4-3-5-7-16/h8-9,11,18-21H,3-7,10H2,1-2H3. The van der Waals surface area contributed by atoms with Gasteiger partial charge in [-0.05, 0) is 51.8 Å². The van der Waals surface area contributed by atoms with E-state index in [-0.39, 0.29) is 27.4 Å². The average Bonchev–Trinajstić information content (AvgIpc) is 2.58. The van der Waals surface area contributed by atoms with Crippen LogP contribution in [0.1, 0.15) is 39.0 Å². The van der Waals surface area contributed by atoms with Crippen LogP contribution < -0.4 is 20.1 Å². The van der Waals surface area contributed by atoms with Crippen LogP contribution in [0.4, 0.5) is 5.69 Å². The van der Waals surface area contributed by atoms with Gasteiger partial charge in [0.05, 0.1) is 10.7 Å². The van der Waals surface area contributed by atoms with E-state index < -0.39 is 25.7 Å². The first-order chi connectivity index (χ1) is 12.6. The van der Waals surface area contributed by atoms with Crippen LogP contribution in [0.3, 0.4) is 0 Å². The number of halogens is 1. The second-order valence-corrected chi connectivity index (χ2v) is 11.0. The number of anilines is 1. The lowest BCUT2D eigenvalue weighted by molar-refractivity contribution is 0.300. The lowest BCUT2D eigenvalue weighted by Crippen LogP contribution is -2.58. The monoisotopic (exact) mass is 436 g/mol. The third-order valence-electron chi connectivity index (χ3n) is 5.10. The Bertz CT molecular complexity index is 928. The van der Waals surface area contributed by atoms with Gasteiger partial charge in [-0.15, -0.1) is 0 Å². The first kappa shape index (κ1) is 20.8. The maximum Gasteiger partial charge on any atom is 0.244 e. The molecule has 1 aromatic rings. The van der Waals surface area contributed by atoms with Crippen molar-refractivity contribution in [2.75, 3.05) is 18.9 Å². The number of hydrogen-bond donors (Lipinski definition) is 4. The van der Waals surface area contributed by atoms with Gasteiger partial charge in [-0.3, -0.25) is 0 Å². The number of likely N-dealkylation sites (N-methyl/N-ethyl adjacent to an activating group) is 1. The van der Waals surface area contributed by atoms with Crippen LogP contribution in [0.2, 0.25) is 5.02 Å². The highest BCUT2D eigenvalue weighted by atomic mass is 35.5. The van der Waals surface area contributed by atoms with E-state index in [1.807, 2.05) is 6.92 Å². The first-order valence-corrected chi connectivity index (χ1v) is 12.3. The van der Waals surface area contributed by atoms with E-state index in [1.54, 1.807) is 7.05 Å². The predicted molar refractivity (Wildman–Crippen MR) is 105 cm³/mol. The molecule has 0 saturated heterocycles. The fourth-order valence-corrected chi connectivity index (χ4v) is 6.76. The molecule has 0 amide bonds. The molecule has 1 aliphatic carbocycles. The second kappa shape index (κ2) is 7.49. The highest BCUT2D eigenvalue weighted by Crippen LogP contribution is 2.40. The molecule has 1 heterocycles. The summed E-state index contributed by atoms with van der Waals surface area (Å²) in [4.78, 5) is -0.358. The van der Waals surface area contributed by atoms with Gasteiger partial charge in [0.15, 0.2) is 0 Å². The van der Waals surface area contributed by atoms with Crippen molar-refractivity contribution in [1.29, 1.82) is 0 Å². The van der Waals surface area contributed by atoms with Crippen LogP contribution in [0, 0.1) is 0 Å². The normalized spacial score (nSPS) is 22.0. The minimum absolute atomic E-state index is 0.0195. The van der Waals surface area contributed by atoms with Crippen molar-refractivity contribution >= 4 is 37.3 Å². The van der Waals surface area contributed by atoms with Crippen molar-refractivity contribution in [2.24, 2.45) is 0 Å². The molecular weight excluding hydrogens is 412 g/mol. The molecule has 152 valence electrons. The van der Waals surface area contributed by atoms with Gasteiger partial charge in [0.25, 0.3) is 0 Å². The topological polar surface area (TPSA) is 116 Å². The third kappa shape index (κ3) is 4.25. The van der Waals surface area contributed by atoms with E-state index >= 15 is 0 Å². The number of fused-ring (bicyclic) bond motifs is 1. The summed E-state index contributed by atoms with van der Waals surface area (Å²) in [6, 6.07) is 2.42. The summed E-state index contributed by atoms with van der Waals surface area (Å²) >= 11 is 6.23. The molecule has 3 rings (SSSR count). The van der Waals surface area contributed by atoms with Crippen LogP contribution in [-0.2, 0) is 20.0 Å². The Balaban J connectivity index is 1.99. The predicted octanol–water partition coefficient (Wildman–Crippen LogP) is 1.59. The van der Waals surface area contributed by atoms with Crippen LogP contribution in [0.5, 0.6) is 0 Å². The fraction of sp³-hybridized carbons (Fsp3) is 0.625. The lowest BCUT2D eigenvalue weighted by Gasteiger charge is -2.42. The molecule has 1 spiro atoms. The van der Waals surface area contributed by atoms with Crippen LogP contribution >= 0.6 is 11.6 Å². The molecule has 0 bridgehead atoms. The summed E-state index contributed by atoms with van der Waals surface area (Å²) in [6.45, 7) is 1.97. The van der Waals surface area contributed by atoms with Gasteiger partial charge in [0.2, 0.25) is 20.0 Å². The van der Waals surface area contributed by atoms with Crippen molar-refractivity contribution in [1.82, 2.24) is 14.8 Å². The Morgan fingerprint density at radius 3 is 2.56 bits per heavy atom. The Morgan fingerprint density at radius 2 is 1.93 bits per heavy atom. The van der Waals surface area contributed by atoms with Gasteiger partial charge >= 0.3 is 0 Å². The number of nitrogens with one attached hydrogen (secondary N) is 4. The zero-order valence-corrected chi connectivity index (χ0v) is 17.7. The molecule has 1 saturated carbocycles. The van der Waals surface area contributed by atoms with E-state index in [4.69, 9.17) is 11.6 Å². The van der Waals surface area contributed by atoms with E-state index in [9.17, 15) is 16.8 Å². The van der Waals surface area contributed by atoms with Gasteiger partial charge < -0.3 is 10.6 Å². The molecule has 1 unspecified atom stereocenters. The zero-order valence-electron chi connectivity index (χ0n) is 15.3. The molecule has 0 aromatic heterocycles. The number of hydrogen-bond acceptors (Lipinski definition) is 6. The van der Waals surface area contributed by atoms with Gasteiger partial charge in [-0.2, -0.15) is 4.72 Å². The van der Waals surface area contributed by atoms with E-state index in [0.29, 0.717) is 18.5 Å².